The van der Waals surface area contributed by atoms with E-state index in [-0.39, 0.29) is 6.61 Å². The summed E-state index contributed by atoms with van der Waals surface area (Å²) >= 11 is 0. The molecule has 0 bridgehead atoms. The molecule has 5 nitrogen and oxygen atoms in total. The lowest BCUT2D eigenvalue weighted by Gasteiger charge is -2.21. The van der Waals surface area contributed by atoms with Crippen LogP contribution in [0.3, 0.4) is 0 Å². The smallest absolute Gasteiger partial charge is 0.227 e. The quantitative estimate of drug-likeness (QED) is 0.882. The molecule has 0 spiro atoms. The predicted octanol–water partition coefficient (Wildman–Crippen LogP) is 2.13. The number of hydrogen-bond acceptors (Lipinski definition) is 5. The Balaban J connectivity index is 1.51. The number of aliphatic hydroxyl groups excluding tert-OH is 1. The first-order valence-corrected chi connectivity index (χ1v) is 7.60. The highest BCUT2D eigenvalue weighted by molar-refractivity contribution is 5.53. The zero-order valence-corrected chi connectivity index (χ0v) is 12.1. The third-order valence-corrected chi connectivity index (χ3v) is 4.05. The fourth-order valence-electron chi connectivity index (χ4n) is 2.89. The van der Waals surface area contributed by atoms with Gasteiger partial charge in [-0.05, 0) is 32.4 Å². The predicted molar refractivity (Wildman–Crippen MR) is 79.7 cm³/mol. The Morgan fingerprint density at radius 2 is 2.14 bits per heavy atom. The van der Waals surface area contributed by atoms with E-state index >= 15 is 0 Å². The first kappa shape index (κ1) is 14.2. The van der Waals surface area contributed by atoms with E-state index in [1.165, 1.54) is 6.42 Å². The van der Waals surface area contributed by atoms with Gasteiger partial charge in [-0.2, -0.15) is 4.98 Å². The Bertz CT molecular complexity index is 556. The molecule has 1 atom stereocenters. The van der Waals surface area contributed by atoms with E-state index in [0.29, 0.717) is 17.8 Å². The van der Waals surface area contributed by atoms with E-state index < -0.39 is 0 Å². The largest absolute Gasteiger partial charge is 0.395 e. The van der Waals surface area contributed by atoms with Crippen LogP contribution in [0.2, 0.25) is 0 Å². The van der Waals surface area contributed by atoms with Crippen molar-refractivity contribution in [2.24, 2.45) is 0 Å². The summed E-state index contributed by atoms with van der Waals surface area (Å²) in [5, 5.41) is 13.3. The van der Waals surface area contributed by atoms with E-state index in [0.717, 1.165) is 37.9 Å². The van der Waals surface area contributed by atoms with Gasteiger partial charge in [-0.25, -0.2) is 0 Å². The number of aliphatic hydroxyl groups is 1. The van der Waals surface area contributed by atoms with Crippen LogP contribution in [0, 0.1) is 0 Å². The third kappa shape index (κ3) is 3.49. The van der Waals surface area contributed by atoms with Crippen molar-refractivity contribution in [3.63, 3.8) is 0 Å². The van der Waals surface area contributed by atoms with Crippen molar-refractivity contribution in [3.8, 4) is 11.4 Å². The molecule has 1 aromatic carbocycles. The zero-order valence-electron chi connectivity index (χ0n) is 12.1. The van der Waals surface area contributed by atoms with Gasteiger partial charge in [0.15, 0.2) is 0 Å². The molecule has 112 valence electrons. The standard InChI is InChI=1S/C16H21N3O2/c20-12-14-8-4-10-19(14)11-5-9-15-17-16(18-21-15)13-6-2-1-3-7-13/h1-3,6-7,14,20H,4-5,8-12H2/t14-/m0/s1. The molecule has 0 amide bonds. The van der Waals surface area contributed by atoms with E-state index in [4.69, 9.17) is 4.52 Å². The molecule has 1 saturated heterocycles. The molecule has 1 aliphatic rings. The van der Waals surface area contributed by atoms with Crippen molar-refractivity contribution >= 4 is 0 Å². The Morgan fingerprint density at radius 3 is 2.95 bits per heavy atom. The molecule has 2 heterocycles. The SMILES string of the molecule is OC[C@@H]1CCCN1CCCc1nc(-c2ccccc2)no1. The molecule has 3 rings (SSSR count). The number of benzene rings is 1. The van der Waals surface area contributed by atoms with Crippen LogP contribution < -0.4 is 0 Å². The van der Waals surface area contributed by atoms with Gasteiger partial charge in [0, 0.05) is 18.0 Å². The van der Waals surface area contributed by atoms with E-state index in [2.05, 4.69) is 15.0 Å². The Morgan fingerprint density at radius 1 is 1.29 bits per heavy atom. The molecule has 1 N–H and O–H groups in total. The lowest BCUT2D eigenvalue weighted by molar-refractivity contribution is 0.157. The molecular formula is C16H21N3O2. The fraction of sp³-hybridized carbons (Fsp3) is 0.500. The normalized spacial score (nSPS) is 19.2. The maximum absolute atomic E-state index is 9.30. The molecule has 0 unspecified atom stereocenters. The van der Waals surface area contributed by atoms with Gasteiger partial charge in [0.2, 0.25) is 11.7 Å². The molecule has 1 aromatic heterocycles. The lowest BCUT2D eigenvalue weighted by Crippen LogP contribution is -2.33. The minimum absolute atomic E-state index is 0.263. The van der Waals surface area contributed by atoms with Crippen LogP contribution in [0.1, 0.15) is 25.2 Å². The van der Waals surface area contributed by atoms with Crippen LogP contribution in [0.5, 0.6) is 0 Å². The maximum Gasteiger partial charge on any atom is 0.227 e. The molecule has 0 radical (unpaired) electrons. The zero-order chi connectivity index (χ0) is 14.5. The average Bonchev–Trinajstić information content (AvgIpc) is 3.17. The summed E-state index contributed by atoms with van der Waals surface area (Å²) in [6, 6.07) is 10.2. The third-order valence-electron chi connectivity index (χ3n) is 4.05. The first-order valence-electron chi connectivity index (χ1n) is 7.60. The molecule has 0 saturated carbocycles. The van der Waals surface area contributed by atoms with E-state index in [9.17, 15) is 5.11 Å². The second-order valence-corrected chi connectivity index (χ2v) is 5.50. The van der Waals surface area contributed by atoms with Gasteiger partial charge in [0.05, 0.1) is 6.61 Å². The highest BCUT2D eigenvalue weighted by Gasteiger charge is 2.23. The van der Waals surface area contributed by atoms with Crippen LogP contribution in [-0.2, 0) is 6.42 Å². The van der Waals surface area contributed by atoms with Crippen LogP contribution in [0.4, 0.5) is 0 Å². The Hall–Kier alpha value is -1.72. The Labute approximate surface area is 124 Å². The minimum atomic E-state index is 0.263. The average molecular weight is 287 g/mol. The van der Waals surface area contributed by atoms with Gasteiger partial charge in [-0.3, -0.25) is 4.90 Å². The maximum atomic E-state index is 9.30. The summed E-state index contributed by atoms with van der Waals surface area (Å²) in [5.41, 5.74) is 0.979. The Kier molecular flexibility index (Phi) is 4.62. The number of hydrogen-bond donors (Lipinski definition) is 1. The summed E-state index contributed by atoms with van der Waals surface area (Å²) in [6.07, 6.45) is 4.06. The summed E-state index contributed by atoms with van der Waals surface area (Å²) in [5.74, 6) is 1.34. The second-order valence-electron chi connectivity index (χ2n) is 5.50. The molecule has 0 aliphatic carbocycles. The fourth-order valence-corrected chi connectivity index (χ4v) is 2.89. The second kappa shape index (κ2) is 6.83. The lowest BCUT2D eigenvalue weighted by atomic mass is 10.2. The summed E-state index contributed by atoms with van der Waals surface area (Å²) in [6.45, 7) is 2.33. The van der Waals surface area contributed by atoms with Crippen molar-refractivity contribution in [1.29, 1.82) is 0 Å². The number of aromatic nitrogens is 2. The van der Waals surface area contributed by atoms with Gasteiger partial charge in [0.25, 0.3) is 0 Å². The topological polar surface area (TPSA) is 62.4 Å². The van der Waals surface area contributed by atoms with Crippen molar-refractivity contribution in [2.75, 3.05) is 19.7 Å². The molecule has 1 fully saturated rings. The van der Waals surface area contributed by atoms with Gasteiger partial charge in [0.1, 0.15) is 0 Å². The van der Waals surface area contributed by atoms with Gasteiger partial charge >= 0.3 is 0 Å². The van der Waals surface area contributed by atoms with Gasteiger partial charge in [-0.1, -0.05) is 35.5 Å². The summed E-state index contributed by atoms with van der Waals surface area (Å²) < 4.78 is 5.31. The number of aryl methyl sites for hydroxylation is 1. The van der Waals surface area contributed by atoms with Crippen molar-refractivity contribution in [2.45, 2.75) is 31.7 Å². The molecule has 2 aromatic rings. The van der Waals surface area contributed by atoms with Crippen LogP contribution in [0.15, 0.2) is 34.9 Å². The van der Waals surface area contributed by atoms with Crippen molar-refractivity contribution in [1.82, 2.24) is 15.0 Å². The van der Waals surface area contributed by atoms with E-state index in [1.807, 2.05) is 30.3 Å². The van der Waals surface area contributed by atoms with Gasteiger partial charge < -0.3 is 9.63 Å². The molecule has 5 heteroatoms. The number of likely N-dealkylation sites (tertiary alicyclic amines) is 1. The monoisotopic (exact) mass is 287 g/mol. The highest BCUT2D eigenvalue weighted by atomic mass is 16.5. The van der Waals surface area contributed by atoms with Crippen LogP contribution in [-0.4, -0.2) is 45.9 Å². The van der Waals surface area contributed by atoms with Crippen molar-refractivity contribution in [3.05, 3.63) is 36.2 Å². The summed E-state index contributed by atoms with van der Waals surface area (Å²) in [7, 11) is 0. The highest BCUT2D eigenvalue weighted by Crippen LogP contribution is 2.18. The van der Waals surface area contributed by atoms with Crippen LogP contribution >= 0.6 is 0 Å². The van der Waals surface area contributed by atoms with Crippen molar-refractivity contribution < 1.29 is 9.63 Å². The van der Waals surface area contributed by atoms with Crippen LogP contribution in [0.25, 0.3) is 11.4 Å². The molecule has 1 aliphatic heterocycles. The minimum Gasteiger partial charge on any atom is -0.395 e. The van der Waals surface area contributed by atoms with Gasteiger partial charge in [-0.15, -0.1) is 0 Å². The van der Waals surface area contributed by atoms with E-state index in [1.54, 1.807) is 0 Å². The first-order chi connectivity index (χ1) is 10.4. The molecule has 21 heavy (non-hydrogen) atoms. The summed E-state index contributed by atoms with van der Waals surface area (Å²) in [4.78, 5) is 6.79. The number of rotatable bonds is 6. The molecular weight excluding hydrogens is 266 g/mol. The number of nitrogens with zero attached hydrogens (tertiary/aromatic N) is 3.